The summed E-state index contributed by atoms with van der Waals surface area (Å²) in [4.78, 5) is 7.86. The molecule has 90 valence electrons. The normalized spacial score (nSPS) is 12.7. The lowest BCUT2D eigenvalue weighted by Gasteiger charge is -2.03. The molecule has 1 unspecified atom stereocenters. The Hall–Kier alpha value is -1.32. The van der Waals surface area contributed by atoms with Crippen LogP contribution in [0.15, 0.2) is 24.3 Å². The lowest BCUT2D eigenvalue weighted by molar-refractivity contribution is 0.723. The van der Waals surface area contributed by atoms with E-state index in [9.17, 15) is 0 Å². The summed E-state index contributed by atoms with van der Waals surface area (Å²) in [6.45, 7) is 4.63. The molecule has 0 radical (unpaired) electrons. The SMILES string of the molecule is Cc1[nH]c(C(C)CN)nc1-c1ccccc1Cl. The van der Waals surface area contributed by atoms with Crippen molar-refractivity contribution in [3.05, 3.63) is 40.8 Å². The van der Waals surface area contributed by atoms with E-state index in [0.717, 1.165) is 22.8 Å². The Morgan fingerprint density at radius 2 is 2.12 bits per heavy atom. The minimum atomic E-state index is 0.227. The molecule has 17 heavy (non-hydrogen) atoms. The number of aromatic nitrogens is 2. The van der Waals surface area contributed by atoms with Crippen molar-refractivity contribution < 1.29 is 0 Å². The predicted molar refractivity (Wildman–Crippen MR) is 71.2 cm³/mol. The van der Waals surface area contributed by atoms with Gasteiger partial charge in [0.1, 0.15) is 5.82 Å². The first-order valence-corrected chi connectivity index (χ1v) is 6.02. The average molecular weight is 250 g/mol. The van der Waals surface area contributed by atoms with Gasteiger partial charge in [-0.05, 0) is 13.0 Å². The maximum Gasteiger partial charge on any atom is 0.111 e. The third-order valence-electron chi connectivity index (χ3n) is 2.85. The van der Waals surface area contributed by atoms with Gasteiger partial charge in [0.15, 0.2) is 0 Å². The van der Waals surface area contributed by atoms with Gasteiger partial charge in [0, 0.05) is 23.7 Å². The topological polar surface area (TPSA) is 54.7 Å². The maximum absolute atomic E-state index is 6.17. The van der Waals surface area contributed by atoms with E-state index in [4.69, 9.17) is 17.3 Å². The van der Waals surface area contributed by atoms with E-state index in [1.54, 1.807) is 0 Å². The molecule has 1 aromatic carbocycles. The summed E-state index contributed by atoms with van der Waals surface area (Å²) in [5, 5.41) is 0.717. The minimum absolute atomic E-state index is 0.227. The summed E-state index contributed by atoms with van der Waals surface area (Å²) in [7, 11) is 0. The smallest absolute Gasteiger partial charge is 0.111 e. The number of nitrogens with one attached hydrogen (secondary N) is 1. The van der Waals surface area contributed by atoms with Gasteiger partial charge >= 0.3 is 0 Å². The number of imidazole rings is 1. The molecule has 0 amide bonds. The third-order valence-corrected chi connectivity index (χ3v) is 3.18. The molecule has 1 atom stereocenters. The standard InChI is InChI=1S/C13H16ClN3/c1-8(7-15)13-16-9(2)12(17-13)10-5-3-4-6-11(10)14/h3-6,8H,7,15H2,1-2H3,(H,16,17). The summed E-state index contributed by atoms with van der Waals surface area (Å²) in [5.41, 5.74) is 8.53. The van der Waals surface area contributed by atoms with Crippen LogP contribution < -0.4 is 5.73 Å². The zero-order chi connectivity index (χ0) is 12.4. The minimum Gasteiger partial charge on any atom is -0.345 e. The second-order valence-corrected chi connectivity index (χ2v) is 4.62. The molecular formula is C13H16ClN3. The van der Waals surface area contributed by atoms with Crippen LogP contribution in [0.4, 0.5) is 0 Å². The highest BCUT2D eigenvalue weighted by atomic mass is 35.5. The van der Waals surface area contributed by atoms with Gasteiger partial charge in [0.2, 0.25) is 0 Å². The molecule has 0 aliphatic carbocycles. The van der Waals surface area contributed by atoms with E-state index >= 15 is 0 Å². The van der Waals surface area contributed by atoms with Gasteiger partial charge in [-0.25, -0.2) is 4.98 Å². The number of rotatable bonds is 3. The number of benzene rings is 1. The van der Waals surface area contributed by atoms with Gasteiger partial charge in [-0.1, -0.05) is 36.7 Å². The summed E-state index contributed by atoms with van der Waals surface area (Å²) < 4.78 is 0. The van der Waals surface area contributed by atoms with Gasteiger partial charge in [0.25, 0.3) is 0 Å². The zero-order valence-electron chi connectivity index (χ0n) is 10.00. The van der Waals surface area contributed by atoms with Crippen molar-refractivity contribution in [1.29, 1.82) is 0 Å². The summed E-state index contributed by atoms with van der Waals surface area (Å²) in [6, 6.07) is 7.72. The zero-order valence-corrected chi connectivity index (χ0v) is 10.8. The van der Waals surface area contributed by atoms with Crippen LogP contribution in [0.1, 0.15) is 24.4 Å². The first-order valence-electron chi connectivity index (χ1n) is 5.65. The van der Waals surface area contributed by atoms with Crippen molar-refractivity contribution in [3.63, 3.8) is 0 Å². The second-order valence-electron chi connectivity index (χ2n) is 4.21. The molecule has 0 saturated carbocycles. The number of hydrogen-bond acceptors (Lipinski definition) is 2. The number of halogens is 1. The summed E-state index contributed by atoms with van der Waals surface area (Å²) in [6.07, 6.45) is 0. The first-order chi connectivity index (χ1) is 8.13. The molecule has 0 aliphatic rings. The number of nitrogens with two attached hydrogens (primary N) is 1. The van der Waals surface area contributed by atoms with Crippen molar-refractivity contribution >= 4 is 11.6 Å². The van der Waals surface area contributed by atoms with Crippen LogP contribution in [0.25, 0.3) is 11.3 Å². The van der Waals surface area contributed by atoms with E-state index in [2.05, 4.69) is 16.9 Å². The number of aromatic amines is 1. The predicted octanol–water partition coefficient (Wildman–Crippen LogP) is 3.10. The molecule has 2 aromatic rings. The van der Waals surface area contributed by atoms with Crippen LogP contribution in [-0.4, -0.2) is 16.5 Å². The van der Waals surface area contributed by atoms with Crippen molar-refractivity contribution in [3.8, 4) is 11.3 Å². The van der Waals surface area contributed by atoms with Crippen molar-refractivity contribution in [2.24, 2.45) is 5.73 Å². The molecule has 0 spiro atoms. The van der Waals surface area contributed by atoms with E-state index in [1.165, 1.54) is 0 Å². The van der Waals surface area contributed by atoms with E-state index < -0.39 is 0 Å². The van der Waals surface area contributed by atoms with Crippen LogP contribution in [0, 0.1) is 6.92 Å². The number of nitrogens with zero attached hydrogens (tertiary/aromatic N) is 1. The molecule has 4 heteroatoms. The fourth-order valence-electron chi connectivity index (χ4n) is 1.74. The highest BCUT2D eigenvalue weighted by molar-refractivity contribution is 6.33. The number of H-pyrrole nitrogens is 1. The summed E-state index contributed by atoms with van der Waals surface area (Å²) >= 11 is 6.17. The highest BCUT2D eigenvalue weighted by Gasteiger charge is 2.14. The Bertz CT molecular complexity index is 519. The van der Waals surface area contributed by atoms with Gasteiger partial charge in [0.05, 0.1) is 10.7 Å². The fraction of sp³-hybridized carbons (Fsp3) is 0.308. The van der Waals surface area contributed by atoms with Crippen LogP contribution >= 0.6 is 11.6 Å². The molecule has 2 rings (SSSR count). The highest BCUT2D eigenvalue weighted by Crippen LogP contribution is 2.29. The molecule has 0 saturated heterocycles. The van der Waals surface area contributed by atoms with Crippen molar-refractivity contribution in [2.75, 3.05) is 6.54 Å². The monoisotopic (exact) mass is 249 g/mol. The maximum atomic E-state index is 6.17. The molecule has 0 aliphatic heterocycles. The lowest BCUT2D eigenvalue weighted by Crippen LogP contribution is -2.10. The summed E-state index contributed by atoms with van der Waals surface area (Å²) in [5.74, 6) is 1.14. The van der Waals surface area contributed by atoms with Crippen LogP contribution in [0.3, 0.4) is 0 Å². The number of hydrogen-bond donors (Lipinski definition) is 2. The second kappa shape index (κ2) is 4.90. The van der Waals surface area contributed by atoms with E-state index in [-0.39, 0.29) is 5.92 Å². The Labute approximate surface area is 106 Å². The molecular weight excluding hydrogens is 234 g/mol. The first kappa shape index (κ1) is 12.1. The number of aryl methyl sites for hydroxylation is 1. The van der Waals surface area contributed by atoms with Crippen molar-refractivity contribution in [1.82, 2.24) is 9.97 Å². The Morgan fingerprint density at radius 3 is 2.76 bits per heavy atom. The molecule has 0 bridgehead atoms. The van der Waals surface area contributed by atoms with Crippen LogP contribution in [0.2, 0.25) is 5.02 Å². The Kier molecular flexibility index (Phi) is 3.50. The van der Waals surface area contributed by atoms with E-state index in [1.807, 2.05) is 31.2 Å². The quantitative estimate of drug-likeness (QED) is 0.878. The molecule has 3 nitrogen and oxygen atoms in total. The molecule has 0 fully saturated rings. The third kappa shape index (κ3) is 2.35. The van der Waals surface area contributed by atoms with Gasteiger partial charge in [-0.3, -0.25) is 0 Å². The van der Waals surface area contributed by atoms with E-state index in [0.29, 0.717) is 11.6 Å². The molecule has 1 heterocycles. The van der Waals surface area contributed by atoms with Crippen LogP contribution in [-0.2, 0) is 0 Å². The Morgan fingerprint density at radius 1 is 1.41 bits per heavy atom. The molecule has 3 N–H and O–H groups in total. The largest absolute Gasteiger partial charge is 0.345 e. The molecule has 1 aromatic heterocycles. The average Bonchev–Trinajstić information content (AvgIpc) is 2.71. The fourth-order valence-corrected chi connectivity index (χ4v) is 1.97. The van der Waals surface area contributed by atoms with Gasteiger partial charge in [-0.15, -0.1) is 0 Å². The Balaban J connectivity index is 2.47. The van der Waals surface area contributed by atoms with Crippen molar-refractivity contribution in [2.45, 2.75) is 19.8 Å². The van der Waals surface area contributed by atoms with Gasteiger partial charge in [-0.2, -0.15) is 0 Å². The van der Waals surface area contributed by atoms with Crippen LogP contribution in [0.5, 0.6) is 0 Å². The lowest BCUT2D eigenvalue weighted by atomic mass is 10.1. The van der Waals surface area contributed by atoms with Gasteiger partial charge < -0.3 is 10.7 Å².